The van der Waals surface area contributed by atoms with Crippen LogP contribution < -0.4 is 4.74 Å². The van der Waals surface area contributed by atoms with Crippen LogP contribution in [-0.2, 0) is 28.7 Å². The Labute approximate surface area is 373 Å². The van der Waals surface area contributed by atoms with E-state index in [1.807, 2.05) is 115 Å². The van der Waals surface area contributed by atoms with Crippen molar-refractivity contribution in [1.82, 2.24) is 29.7 Å². The number of nitrogens with zero attached hydrogens (tertiary/aromatic N) is 4. The molecule has 13 heteroatoms. The van der Waals surface area contributed by atoms with E-state index in [0.29, 0.717) is 36.2 Å². The first-order valence-electron chi connectivity index (χ1n) is 22.0. The summed E-state index contributed by atoms with van der Waals surface area (Å²) in [4.78, 5) is 72.7. The summed E-state index contributed by atoms with van der Waals surface area (Å²) in [6.07, 6.45) is 6.80. The van der Waals surface area contributed by atoms with Crippen LogP contribution in [0.25, 0.3) is 33.6 Å². The predicted octanol–water partition coefficient (Wildman–Crippen LogP) is 9.44. The lowest BCUT2D eigenvalue weighted by molar-refractivity contribution is -0.148. The highest BCUT2D eigenvalue weighted by Crippen LogP contribution is 2.40. The number of aromatic amines is 2. The van der Waals surface area contributed by atoms with Crippen molar-refractivity contribution in [2.45, 2.75) is 70.4 Å². The molecule has 2 aromatic heterocycles. The van der Waals surface area contributed by atoms with Gasteiger partial charge >= 0.3 is 11.9 Å². The number of aromatic nitrogens is 4. The van der Waals surface area contributed by atoms with Crippen LogP contribution in [0.1, 0.15) is 87.6 Å². The number of nitrogens with one attached hydrogen (secondary N) is 2. The lowest BCUT2D eigenvalue weighted by atomic mass is 9.91. The molecule has 13 nitrogen and oxygen atoms in total. The highest BCUT2D eigenvalue weighted by atomic mass is 16.5. The minimum absolute atomic E-state index is 0.0243. The minimum atomic E-state index is -0.651. The van der Waals surface area contributed by atoms with Crippen LogP contribution in [0.5, 0.6) is 11.5 Å². The van der Waals surface area contributed by atoms with Gasteiger partial charge in [0.25, 0.3) is 0 Å². The van der Waals surface area contributed by atoms with Crippen molar-refractivity contribution in [2.75, 3.05) is 27.3 Å². The second-order valence-corrected chi connectivity index (χ2v) is 16.8. The third-order valence-electron chi connectivity index (χ3n) is 12.5. The van der Waals surface area contributed by atoms with Crippen molar-refractivity contribution in [3.63, 3.8) is 0 Å². The van der Waals surface area contributed by atoms with Gasteiger partial charge in [0, 0.05) is 24.2 Å². The summed E-state index contributed by atoms with van der Waals surface area (Å²) < 4.78 is 16.4. The number of amides is 2. The third kappa shape index (κ3) is 9.48. The second kappa shape index (κ2) is 19.6. The van der Waals surface area contributed by atoms with Gasteiger partial charge in [-0.2, -0.15) is 0 Å². The Morgan fingerprint density at radius 2 is 1.19 bits per heavy atom. The van der Waals surface area contributed by atoms with E-state index in [0.717, 1.165) is 64.9 Å². The Hall–Kier alpha value is -7.02. The number of ether oxygens (including phenoxy) is 3. The number of imidazole rings is 2. The molecule has 0 unspecified atom stereocenters. The van der Waals surface area contributed by atoms with E-state index in [1.165, 1.54) is 14.2 Å². The molecule has 2 aliphatic rings. The average Bonchev–Trinajstić information content (AvgIpc) is 4.18. The average molecular weight is 863 g/mol. The number of benzene rings is 4. The molecule has 0 saturated carbocycles. The van der Waals surface area contributed by atoms with E-state index >= 15 is 0 Å². The predicted molar refractivity (Wildman–Crippen MR) is 242 cm³/mol. The number of likely N-dealkylation sites (tertiary alicyclic amines) is 2. The highest BCUT2D eigenvalue weighted by Gasteiger charge is 2.39. The SMILES string of the molecule is COC(=O)C[C@H](C(=O)N1CCC[C@H]1c1ncc(-c2ccc(-c3ccc(-c4cnc([C@@H]5CCCN5C(=O)[C@H](CC(=O)OC)c5ccccc5)[nH]4)cc3)c(Oc3ccccc3)c2)[nH]1)C(C)C. The smallest absolute Gasteiger partial charge is 0.306 e. The van der Waals surface area contributed by atoms with Gasteiger partial charge in [-0.15, -0.1) is 0 Å². The molecule has 0 radical (unpaired) electrons. The van der Waals surface area contributed by atoms with Gasteiger partial charge in [0.1, 0.15) is 23.1 Å². The monoisotopic (exact) mass is 862 g/mol. The number of rotatable bonds is 15. The van der Waals surface area contributed by atoms with Gasteiger partial charge in [-0.05, 0) is 72.6 Å². The Kier molecular flexibility index (Phi) is 13.3. The van der Waals surface area contributed by atoms with Crippen molar-refractivity contribution >= 4 is 23.8 Å². The number of carbonyl (C=O) groups excluding carboxylic acids is 4. The summed E-state index contributed by atoms with van der Waals surface area (Å²) in [7, 11) is 2.69. The quantitative estimate of drug-likeness (QED) is 0.0959. The Balaban J connectivity index is 1.02. The molecule has 2 aliphatic heterocycles. The van der Waals surface area contributed by atoms with E-state index in [2.05, 4.69) is 22.1 Å². The van der Waals surface area contributed by atoms with Gasteiger partial charge in [-0.1, -0.05) is 92.7 Å². The molecule has 0 bridgehead atoms. The minimum Gasteiger partial charge on any atom is -0.469 e. The van der Waals surface area contributed by atoms with Gasteiger partial charge in [0.2, 0.25) is 11.8 Å². The maximum Gasteiger partial charge on any atom is 0.306 e. The normalized spacial score (nSPS) is 17.0. The van der Waals surface area contributed by atoms with Gasteiger partial charge in [-0.25, -0.2) is 9.97 Å². The summed E-state index contributed by atoms with van der Waals surface area (Å²) in [5, 5.41) is 0. The molecule has 2 N–H and O–H groups in total. The van der Waals surface area contributed by atoms with E-state index in [1.54, 1.807) is 12.4 Å². The van der Waals surface area contributed by atoms with E-state index in [4.69, 9.17) is 24.2 Å². The van der Waals surface area contributed by atoms with Gasteiger partial charge in [-0.3, -0.25) is 19.2 Å². The zero-order valence-corrected chi connectivity index (χ0v) is 36.7. The van der Waals surface area contributed by atoms with Crippen molar-refractivity contribution in [3.05, 3.63) is 133 Å². The van der Waals surface area contributed by atoms with Crippen LogP contribution >= 0.6 is 0 Å². The highest BCUT2D eigenvalue weighted by molar-refractivity contribution is 5.89. The van der Waals surface area contributed by atoms with Crippen molar-refractivity contribution < 1.29 is 33.4 Å². The molecule has 6 aromatic rings. The third-order valence-corrected chi connectivity index (χ3v) is 12.5. The zero-order chi connectivity index (χ0) is 44.7. The summed E-state index contributed by atoms with van der Waals surface area (Å²) >= 11 is 0. The van der Waals surface area contributed by atoms with E-state index in [-0.39, 0.29) is 42.7 Å². The molecule has 4 atom stereocenters. The first kappa shape index (κ1) is 43.6. The largest absolute Gasteiger partial charge is 0.469 e. The molecule has 4 heterocycles. The van der Waals surface area contributed by atoms with Crippen molar-refractivity contribution in [1.29, 1.82) is 0 Å². The standard InChI is InChI=1S/C51H54N6O7/c1-32(2)39(28-46(58)62-3)50(60)56-25-11-17-43(56)49-53-31-42(55-49)36-23-24-38(45(27-36)64-37-15-9-6-10-16-37)34-19-21-35(22-20-34)41-30-52-48(54-41)44-18-12-26-57(44)51(61)40(29-47(59)63-4)33-13-7-5-8-14-33/h5-10,13-16,19-24,27,30-32,39-40,43-44H,11-12,17-18,25-26,28-29H2,1-4H3,(H,52,54)(H,53,55)/t39-,40+,43-,44-/m0/s1. The number of esters is 2. The summed E-state index contributed by atoms with van der Waals surface area (Å²) in [6.45, 7) is 5.09. The summed E-state index contributed by atoms with van der Waals surface area (Å²) in [5.74, 6) is 0.620. The fourth-order valence-corrected chi connectivity index (χ4v) is 8.96. The molecule has 0 aliphatic carbocycles. The molecular weight excluding hydrogens is 809 g/mol. The first-order valence-corrected chi connectivity index (χ1v) is 22.0. The van der Waals surface area contributed by atoms with Crippen molar-refractivity contribution in [2.24, 2.45) is 11.8 Å². The molecule has 64 heavy (non-hydrogen) atoms. The van der Waals surface area contributed by atoms with Gasteiger partial charge in [0.15, 0.2) is 0 Å². The van der Waals surface area contributed by atoms with E-state index in [9.17, 15) is 19.2 Å². The van der Waals surface area contributed by atoms with Crippen LogP contribution in [0.2, 0.25) is 0 Å². The molecular formula is C51H54N6O7. The Morgan fingerprint density at radius 1 is 0.656 bits per heavy atom. The van der Waals surface area contributed by atoms with Crippen molar-refractivity contribution in [3.8, 4) is 45.1 Å². The number of para-hydroxylation sites is 1. The molecule has 330 valence electrons. The topological polar surface area (TPSA) is 160 Å². The number of hydrogen-bond donors (Lipinski definition) is 2. The van der Waals surface area contributed by atoms with Crippen LogP contribution in [0.15, 0.2) is 116 Å². The fourth-order valence-electron chi connectivity index (χ4n) is 8.96. The van der Waals surface area contributed by atoms with E-state index < -0.39 is 23.8 Å². The number of methoxy groups -OCH3 is 2. The molecule has 2 amide bonds. The second-order valence-electron chi connectivity index (χ2n) is 16.8. The first-order chi connectivity index (χ1) is 31.1. The molecule has 2 saturated heterocycles. The molecule has 2 fully saturated rings. The van der Waals surface area contributed by atoms with Gasteiger partial charge in [0.05, 0.1) is 74.8 Å². The molecule has 4 aromatic carbocycles. The lowest BCUT2D eigenvalue weighted by Crippen LogP contribution is -2.39. The van der Waals surface area contributed by atoms with Crippen LogP contribution in [0.3, 0.4) is 0 Å². The molecule has 8 rings (SSSR count). The number of H-pyrrole nitrogens is 2. The summed E-state index contributed by atoms with van der Waals surface area (Å²) in [5.41, 5.74) is 6.04. The van der Waals surface area contributed by atoms with Crippen LogP contribution in [0, 0.1) is 11.8 Å². The Morgan fingerprint density at radius 3 is 1.78 bits per heavy atom. The Bertz CT molecular complexity index is 2570. The van der Waals surface area contributed by atoms with Gasteiger partial charge < -0.3 is 34.0 Å². The fraction of sp³-hybridized carbons (Fsp3) is 0.333. The zero-order valence-electron chi connectivity index (χ0n) is 36.7. The molecule has 0 spiro atoms. The maximum absolute atomic E-state index is 14.1. The summed E-state index contributed by atoms with van der Waals surface area (Å²) in [6, 6.07) is 32.8. The maximum atomic E-state index is 14.1. The van der Waals surface area contributed by atoms with Crippen LogP contribution in [-0.4, -0.2) is 80.8 Å². The van der Waals surface area contributed by atoms with Crippen LogP contribution in [0.4, 0.5) is 0 Å². The number of hydrogen-bond acceptors (Lipinski definition) is 9. The lowest BCUT2D eigenvalue weighted by Gasteiger charge is -2.29. The number of carbonyl (C=O) groups is 4.